The maximum absolute atomic E-state index is 12.9. The van der Waals surface area contributed by atoms with E-state index < -0.39 is 103 Å². The zero-order valence-corrected chi connectivity index (χ0v) is 27.3. The third kappa shape index (κ3) is 9.97. The zero-order valence-electron chi connectivity index (χ0n) is 27.3. The fourth-order valence-electron chi connectivity index (χ4n) is 5.88. The van der Waals surface area contributed by atoms with Crippen molar-refractivity contribution in [2.45, 2.75) is 125 Å². The fraction of sp³-hybridized carbons (Fsp3) is 0.966. The van der Waals surface area contributed by atoms with Gasteiger partial charge in [-0.05, 0) is 26.2 Å². The molecule has 1 amide bonds. The summed E-state index contributed by atoms with van der Waals surface area (Å²) >= 11 is 0. The molecule has 18 nitrogen and oxygen atoms in total. The van der Waals surface area contributed by atoms with Crippen molar-refractivity contribution in [3.05, 3.63) is 0 Å². The Morgan fingerprint density at radius 3 is 2.30 bits per heavy atom. The van der Waals surface area contributed by atoms with Crippen LogP contribution in [0.25, 0.3) is 0 Å². The molecule has 15 atom stereocenters. The highest BCUT2D eigenvalue weighted by atomic mass is 16.7. The summed E-state index contributed by atoms with van der Waals surface area (Å²) in [6.07, 6.45) is -12.7. The van der Waals surface area contributed by atoms with Crippen LogP contribution in [0.1, 0.15) is 40.0 Å². The molecule has 3 rings (SSSR count). The number of aliphatic hydroxyl groups excluding tert-OH is 7. The highest BCUT2D eigenvalue weighted by Crippen LogP contribution is 2.34. The molecule has 0 bridgehead atoms. The molecule has 16 N–H and O–H groups in total. The highest BCUT2D eigenvalue weighted by Gasteiger charge is 2.51. The number of nitrogens with two attached hydrogens (primary N) is 3. The summed E-state index contributed by atoms with van der Waals surface area (Å²) in [7, 11) is 0. The van der Waals surface area contributed by atoms with Gasteiger partial charge in [-0.3, -0.25) is 4.79 Å². The number of amides is 1. The van der Waals surface area contributed by atoms with Crippen LogP contribution < -0.4 is 27.8 Å². The van der Waals surface area contributed by atoms with E-state index in [0.29, 0.717) is 25.9 Å². The predicted molar refractivity (Wildman–Crippen MR) is 164 cm³/mol. The second kappa shape index (κ2) is 17.2. The van der Waals surface area contributed by atoms with Gasteiger partial charge in [-0.2, -0.15) is 0 Å². The lowest BCUT2D eigenvalue weighted by atomic mass is 9.82. The molecule has 18 heteroatoms. The summed E-state index contributed by atoms with van der Waals surface area (Å²) in [4.78, 5) is 12.9. The van der Waals surface area contributed by atoms with Crippen molar-refractivity contribution in [3.63, 3.8) is 0 Å². The maximum Gasteiger partial charge on any atom is 0.251 e. The van der Waals surface area contributed by atoms with Crippen LogP contribution in [0, 0.1) is 11.3 Å². The van der Waals surface area contributed by atoms with Crippen LogP contribution in [0.15, 0.2) is 0 Å². The van der Waals surface area contributed by atoms with Crippen LogP contribution in [-0.2, 0) is 23.7 Å². The molecular formula is C29H57N5O13. The average molecular weight is 684 g/mol. The van der Waals surface area contributed by atoms with Crippen molar-refractivity contribution in [1.82, 2.24) is 10.6 Å². The van der Waals surface area contributed by atoms with Crippen LogP contribution in [0.5, 0.6) is 0 Å². The van der Waals surface area contributed by atoms with Gasteiger partial charge in [0.05, 0.1) is 49.7 Å². The molecule has 3 fully saturated rings. The minimum absolute atomic E-state index is 0.0790. The molecule has 2 saturated heterocycles. The minimum atomic E-state index is -2.09. The Morgan fingerprint density at radius 1 is 1.04 bits per heavy atom. The van der Waals surface area contributed by atoms with E-state index >= 15 is 0 Å². The zero-order chi connectivity index (χ0) is 35.3. The van der Waals surface area contributed by atoms with E-state index in [9.17, 15) is 45.6 Å². The number of nitrogens with one attached hydrogen (secondary N) is 2. The Hall–Kier alpha value is -1.17. The van der Waals surface area contributed by atoms with Crippen LogP contribution in [0.3, 0.4) is 0 Å². The number of hydrogen-bond acceptors (Lipinski definition) is 17. The lowest BCUT2D eigenvalue weighted by Crippen LogP contribution is -2.68. The second-order valence-electron chi connectivity index (χ2n) is 13.9. The van der Waals surface area contributed by atoms with E-state index in [1.807, 2.05) is 0 Å². The Labute approximate surface area is 274 Å². The number of carbonyl (C=O) groups is 1. The van der Waals surface area contributed by atoms with E-state index in [2.05, 4.69) is 10.6 Å². The average Bonchev–Trinajstić information content (AvgIpc) is 3.04. The molecular weight excluding hydrogens is 626 g/mol. The van der Waals surface area contributed by atoms with Crippen molar-refractivity contribution in [2.75, 3.05) is 39.5 Å². The molecule has 1 aliphatic carbocycles. The molecule has 47 heavy (non-hydrogen) atoms. The first kappa shape index (κ1) is 40.3. The standard InChI is InChI=1S/C29H57N5O13/c1-13-19(38)27(44-12-29(13,3)43)47-24-17(34-25(42)21(40)20(39)18(37)7-30)6-16(32)23(22(24)41)46-26-15(31)5-4-14(45-26)8-33-9-28(2,10-35)11-36/h13-24,26-27,33,35-41,43H,4-12,30-32H2,1-3H3,(H,34,42)/t13-,14+,15?,16+,17-,18+,19?,20+,21+,22?,23?,24?,26-,27-,29?/m1/s1. The molecule has 6 unspecified atom stereocenters. The van der Waals surface area contributed by atoms with Gasteiger partial charge in [0.15, 0.2) is 18.7 Å². The smallest absolute Gasteiger partial charge is 0.251 e. The van der Waals surface area contributed by atoms with Crippen LogP contribution in [0.4, 0.5) is 0 Å². The summed E-state index contributed by atoms with van der Waals surface area (Å²) < 4.78 is 23.9. The number of rotatable bonds is 15. The molecule has 0 aromatic carbocycles. The molecule has 276 valence electrons. The number of aliphatic hydroxyl groups is 8. The van der Waals surface area contributed by atoms with E-state index in [0.717, 1.165) is 0 Å². The van der Waals surface area contributed by atoms with Crippen molar-refractivity contribution in [3.8, 4) is 0 Å². The molecule has 0 aromatic heterocycles. The molecule has 3 aliphatic rings. The topological polar surface area (TPSA) is 318 Å². The Balaban J connectivity index is 1.76. The first-order chi connectivity index (χ1) is 22.0. The third-order valence-electron chi connectivity index (χ3n) is 9.65. The van der Waals surface area contributed by atoms with Gasteiger partial charge in [-0.1, -0.05) is 13.8 Å². The van der Waals surface area contributed by atoms with Gasteiger partial charge in [0.1, 0.15) is 30.5 Å². The van der Waals surface area contributed by atoms with E-state index in [-0.39, 0.29) is 32.3 Å². The Bertz CT molecular complexity index is 981. The van der Waals surface area contributed by atoms with Gasteiger partial charge in [0, 0.05) is 37.0 Å². The number of ether oxygens (including phenoxy) is 4. The highest BCUT2D eigenvalue weighted by molar-refractivity contribution is 5.81. The first-order valence-electron chi connectivity index (χ1n) is 16.1. The Morgan fingerprint density at radius 2 is 1.68 bits per heavy atom. The van der Waals surface area contributed by atoms with Crippen LogP contribution in [0.2, 0.25) is 0 Å². The minimum Gasteiger partial charge on any atom is -0.396 e. The summed E-state index contributed by atoms with van der Waals surface area (Å²) in [5, 5.41) is 88.1. The SMILES string of the molecule is C[C@@H]1C(O)[C@@H](OC2C(O)C(O[C@H]3O[C@H](CNCC(C)(CO)CO)CCC3N)[C@@H](N)C[C@H]2NC(=O)[C@@H](O)[C@@H](O)[C@@H](O)CN)OCC1(C)O. The van der Waals surface area contributed by atoms with Gasteiger partial charge in [0.2, 0.25) is 0 Å². The van der Waals surface area contributed by atoms with Crippen molar-refractivity contribution in [2.24, 2.45) is 28.5 Å². The van der Waals surface area contributed by atoms with E-state index in [1.54, 1.807) is 13.8 Å². The van der Waals surface area contributed by atoms with Gasteiger partial charge in [-0.25, -0.2) is 0 Å². The molecule has 2 heterocycles. The fourth-order valence-corrected chi connectivity index (χ4v) is 5.88. The monoisotopic (exact) mass is 683 g/mol. The van der Waals surface area contributed by atoms with Crippen molar-refractivity contribution in [1.29, 1.82) is 0 Å². The molecule has 0 radical (unpaired) electrons. The molecule has 0 spiro atoms. The van der Waals surface area contributed by atoms with E-state index in [4.69, 9.17) is 36.1 Å². The normalized spacial score (nSPS) is 40.4. The van der Waals surface area contributed by atoms with Gasteiger partial charge in [-0.15, -0.1) is 0 Å². The van der Waals surface area contributed by atoms with Gasteiger partial charge in [0.25, 0.3) is 5.91 Å². The molecule has 2 aliphatic heterocycles. The predicted octanol–water partition coefficient (Wildman–Crippen LogP) is -6.11. The van der Waals surface area contributed by atoms with Crippen LogP contribution >= 0.6 is 0 Å². The largest absolute Gasteiger partial charge is 0.396 e. The van der Waals surface area contributed by atoms with Crippen LogP contribution in [-0.4, -0.2) is 171 Å². The lowest BCUT2D eigenvalue weighted by molar-refractivity contribution is -0.314. The van der Waals surface area contributed by atoms with Gasteiger partial charge < -0.3 is 87.6 Å². The Kier molecular flexibility index (Phi) is 14.7. The van der Waals surface area contributed by atoms with E-state index in [1.165, 1.54) is 6.92 Å². The third-order valence-corrected chi connectivity index (χ3v) is 9.65. The summed E-state index contributed by atoms with van der Waals surface area (Å²) in [6, 6.07) is -2.63. The van der Waals surface area contributed by atoms with Gasteiger partial charge >= 0.3 is 0 Å². The summed E-state index contributed by atoms with van der Waals surface area (Å²) in [5.74, 6) is -1.80. The lowest BCUT2D eigenvalue weighted by Gasteiger charge is -2.48. The molecule has 0 aromatic rings. The first-order valence-corrected chi connectivity index (χ1v) is 16.1. The number of hydrogen-bond donors (Lipinski definition) is 13. The summed E-state index contributed by atoms with van der Waals surface area (Å²) in [6.45, 7) is 4.48. The maximum atomic E-state index is 12.9. The second-order valence-corrected chi connectivity index (χ2v) is 13.9. The summed E-state index contributed by atoms with van der Waals surface area (Å²) in [5.41, 5.74) is 16.0. The van der Waals surface area contributed by atoms with Crippen molar-refractivity contribution < 1.29 is 64.6 Å². The quantitative estimate of drug-likeness (QED) is 0.0763. The number of carbonyl (C=O) groups excluding carboxylic acids is 1. The van der Waals surface area contributed by atoms with Crippen molar-refractivity contribution >= 4 is 5.91 Å². The molecule has 1 saturated carbocycles.